The minimum Gasteiger partial charge on any atom is -0.393 e. The van der Waals surface area contributed by atoms with Crippen LogP contribution in [0.2, 0.25) is 0 Å². The number of aromatic nitrogens is 3. The number of aryl methyl sites for hydroxylation is 1. The summed E-state index contributed by atoms with van der Waals surface area (Å²) in [5.41, 5.74) is 3.04. The van der Waals surface area contributed by atoms with Crippen LogP contribution in [-0.2, 0) is 6.42 Å². The highest BCUT2D eigenvalue weighted by Crippen LogP contribution is 2.20. The average Bonchev–Trinajstić information content (AvgIpc) is 3.28. The lowest BCUT2D eigenvalue weighted by molar-refractivity contribution is 0.0248. The number of carbonyl (C=O) groups is 1. The summed E-state index contributed by atoms with van der Waals surface area (Å²) in [4.78, 5) is 27.9. The molecule has 0 saturated heterocycles. The van der Waals surface area contributed by atoms with Crippen LogP contribution in [0, 0.1) is 6.92 Å². The molecule has 8 heteroatoms. The number of nitrogens with zero attached hydrogens (tertiary/aromatic N) is 2. The van der Waals surface area contributed by atoms with E-state index in [4.69, 9.17) is 0 Å². The fourth-order valence-corrected chi connectivity index (χ4v) is 3.96. The molecule has 1 aliphatic rings. The molecule has 1 amide bonds. The summed E-state index contributed by atoms with van der Waals surface area (Å²) < 4.78 is 1.77. The molecule has 0 bridgehead atoms. The third-order valence-electron chi connectivity index (χ3n) is 5.79. The number of aliphatic hydroxyl groups excluding tert-OH is 2. The molecule has 0 aliphatic heterocycles. The number of carbonyl (C=O) groups excluding carboxylic acids is 1. The van der Waals surface area contributed by atoms with Crippen molar-refractivity contribution in [1.82, 2.24) is 20.1 Å². The molecule has 0 radical (unpaired) electrons. The van der Waals surface area contributed by atoms with Crippen molar-refractivity contribution in [1.29, 1.82) is 0 Å². The summed E-state index contributed by atoms with van der Waals surface area (Å²) in [5, 5.41) is 26.9. The number of hydrogen-bond donors (Lipinski definition) is 4. The zero-order valence-corrected chi connectivity index (χ0v) is 17.3. The lowest BCUT2D eigenvalue weighted by Crippen LogP contribution is -2.49. The fraction of sp³-hybridized carbons (Fsp3) is 0.348. The Balaban J connectivity index is 1.52. The number of benzene rings is 1. The first kappa shape index (κ1) is 21.0. The normalized spacial score (nSPS) is 21.1. The number of hydrogen-bond acceptors (Lipinski definition) is 5. The van der Waals surface area contributed by atoms with Crippen LogP contribution in [0.5, 0.6) is 0 Å². The zero-order chi connectivity index (χ0) is 22.0. The molecular formula is C23H26N4O4. The van der Waals surface area contributed by atoms with Crippen LogP contribution in [0.15, 0.2) is 53.6 Å². The predicted octanol–water partition coefficient (Wildman–Crippen LogP) is 1.46. The molecule has 1 unspecified atom stereocenters. The molecule has 3 atom stereocenters. The summed E-state index contributed by atoms with van der Waals surface area (Å²) in [6.45, 7) is 1.80. The van der Waals surface area contributed by atoms with Gasteiger partial charge in [0.05, 0.1) is 23.9 Å². The van der Waals surface area contributed by atoms with E-state index in [-0.39, 0.29) is 12.0 Å². The molecule has 2 heterocycles. The van der Waals surface area contributed by atoms with Crippen LogP contribution in [0.25, 0.3) is 5.69 Å². The predicted molar refractivity (Wildman–Crippen MR) is 115 cm³/mol. The minimum absolute atomic E-state index is 0.000949. The van der Waals surface area contributed by atoms with E-state index in [2.05, 4.69) is 15.4 Å². The summed E-state index contributed by atoms with van der Waals surface area (Å²) in [6, 6.07) is 10.8. The molecule has 8 nitrogen and oxygen atoms in total. The molecule has 2 aromatic heterocycles. The first-order valence-corrected chi connectivity index (χ1v) is 10.4. The molecule has 1 fully saturated rings. The molecule has 1 aromatic carbocycles. The topological polar surface area (TPSA) is 120 Å². The molecule has 162 valence electrons. The van der Waals surface area contributed by atoms with Crippen LogP contribution in [-0.4, -0.2) is 49.1 Å². The first-order chi connectivity index (χ1) is 14.9. The average molecular weight is 422 g/mol. The Morgan fingerprint density at radius 3 is 2.74 bits per heavy atom. The van der Waals surface area contributed by atoms with Crippen molar-refractivity contribution in [3.63, 3.8) is 0 Å². The van der Waals surface area contributed by atoms with Gasteiger partial charge < -0.3 is 20.5 Å². The Morgan fingerprint density at radius 2 is 2.03 bits per heavy atom. The number of H-pyrrole nitrogens is 1. The molecule has 31 heavy (non-hydrogen) atoms. The molecule has 1 saturated carbocycles. The van der Waals surface area contributed by atoms with Crippen molar-refractivity contribution in [2.75, 3.05) is 0 Å². The maximum absolute atomic E-state index is 12.7. The quantitative estimate of drug-likeness (QED) is 0.496. The number of aliphatic hydroxyl groups is 2. The highest BCUT2D eigenvalue weighted by molar-refractivity contribution is 5.94. The Morgan fingerprint density at radius 1 is 1.26 bits per heavy atom. The van der Waals surface area contributed by atoms with Crippen molar-refractivity contribution in [2.45, 2.75) is 50.9 Å². The van der Waals surface area contributed by atoms with Gasteiger partial charge in [-0.3, -0.25) is 9.59 Å². The maximum Gasteiger partial charge on any atom is 0.261 e. The second-order valence-electron chi connectivity index (χ2n) is 8.07. The Labute approximate surface area is 179 Å². The van der Waals surface area contributed by atoms with Crippen LogP contribution in [0.3, 0.4) is 0 Å². The molecule has 1 aliphatic carbocycles. The molecule has 3 aromatic rings. The van der Waals surface area contributed by atoms with Crippen molar-refractivity contribution in [2.24, 2.45) is 0 Å². The van der Waals surface area contributed by atoms with Gasteiger partial charge in [-0.25, -0.2) is 4.68 Å². The second-order valence-corrected chi connectivity index (χ2v) is 8.07. The first-order valence-electron chi connectivity index (χ1n) is 10.4. The molecule has 4 rings (SSSR count). The van der Waals surface area contributed by atoms with Crippen LogP contribution in [0.4, 0.5) is 0 Å². The van der Waals surface area contributed by atoms with Gasteiger partial charge in [-0.15, -0.1) is 0 Å². The Hall–Kier alpha value is -3.23. The lowest BCUT2D eigenvalue weighted by atomic mass is 9.90. The summed E-state index contributed by atoms with van der Waals surface area (Å²) in [6.07, 6.45) is 4.03. The van der Waals surface area contributed by atoms with Crippen molar-refractivity contribution in [3.8, 4) is 5.69 Å². The van der Waals surface area contributed by atoms with Crippen LogP contribution >= 0.6 is 0 Å². The number of rotatable bonds is 5. The van der Waals surface area contributed by atoms with Gasteiger partial charge in [0.1, 0.15) is 5.56 Å². The van der Waals surface area contributed by atoms with Gasteiger partial charge in [0, 0.05) is 18.1 Å². The van der Waals surface area contributed by atoms with Crippen molar-refractivity contribution < 1.29 is 15.0 Å². The van der Waals surface area contributed by atoms with E-state index in [1.165, 1.54) is 0 Å². The number of aromatic amines is 1. The number of amides is 1. The summed E-state index contributed by atoms with van der Waals surface area (Å²) in [5.74, 6) is -0.547. The largest absolute Gasteiger partial charge is 0.393 e. The van der Waals surface area contributed by atoms with Gasteiger partial charge in [-0.05, 0) is 68.0 Å². The van der Waals surface area contributed by atoms with E-state index in [9.17, 15) is 19.8 Å². The van der Waals surface area contributed by atoms with Gasteiger partial charge in [-0.1, -0.05) is 12.1 Å². The van der Waals surface area contributed by atoms with E-state index >= 15 is 0 Å². The van der Waals surface area contributed by atoms with Gasteiger partial charge in [0.15, 0.2) is 0 Å². The SMILES string of the molecule is Cc1[nH]c(=O)c(C(=O)N[C@H]2CC(O)CC[C@@H]2O)cc1Cc1ccc(-n2cccn2)cc1. The monoisotopic (exact) mass is 422 g/mol. The van der Waals surface area contributed by atoms with Crippen molar-refractivity contribution >= 4 is 5.91 Å². The Bertz CT molecular complexity index is 1110. The number of pyridine rings is 1. The molecule has 0 spiro atoms. The standard InChI is InChI=1S/C23H26N4O4/c1-14-16(11-15-3-5-17(6-4-15)27-10-2-9-24-27)12-19(22(30)25-14)23(31)26-20-13-18(28)7-8-21(20)29/h2-6,9-10,12,18,20-21,28-29H,7-8,11,13H2,1H3,(H,25,30)(H,26,31)/t18?,20-,21-/m0/s1. The summed E-state index contributed by atoms with van der Waals surface area (Å²) >= 11 is 0. The highest BCUT2D eigenvalue weighted by Gasteiger charge is 2.30. The van der Waals surface area contributed by atoms with Gasteiger partial charge in [-0.2, -0.15) is 5.10 Å². The second kappa shape index (κ2) is 8.87. The molecular weight excluding hydrogens is 396 g/mol. The van der Waals surface area contributed by atoms with Crippen LogP contribution in [0.1, 0.15) is 46.4 Å². The van der Waals surface area contributed by atoms with E-state index in [1.54, 1.807) is 23.9 Å². The fourth-order valence-electron chi connectivity index (χ4n) is 3.96. The van der Waals surface area contributed by atoms with E-state index in [0.717, 1.165) is 16.8 Å². The zero-order valence-electron chi connectivity index (χ0n) is 17.3. The van der Waals surface area contributed by atoms with Gasteiger partial charge in [0.25, 0.3) is 11.5 Å². The smallest absolute Gasteiger partial charge is 0.261 e. The highest BCUT2D eigenvalue weighted by atomic mass is 16.3. The number of nitrogens with one attached hydrogen (secondary N) is 2. The van der Waals surface area contributed by atoms with E-state index in [0.29, 0.717) is 25.0 Å². The third-order valence-corrected chi connectivity index (χ3v) is 5.79. The van der Waals surface area contributed by atoms with Gasteiger partial charge in [0.2, 0.25) is 0 Å². The maximum atomic E-state index is 12.7. The van der Waals surface area contributed by atoms with Crippen molar-refractivity contribution in [3.05, 3.63) is 81.5 Å². The van der Waals surface area contributed by atoms with E-state index in [1.807, 2.05) is 36.5 Å². The molecule has 4 N–H and O–H groups in total. The van der Waals surface area contributed by atoms with E-state index < -0.39 is 29.7 Å². The lowest BCUT2D eigenvalue weighted by Gasteiger charge is -2.31. The Kier molecular flexibility index (Phi) is 6.01. The van der Waals surface area contributed by atoms with Gasteiger partial charge >= 0.3 is 0 Å². The van der Waals surface area contributed by atoms with Crippen LogP contribution < -0.4 is 10.9 Å². The minimum atomic E-state index is -0.732. The summed E-state index contributed by atoms with van der Waals surface area (Å²) in [7, 11) is 0. The third kappa shape index (κ3) is 4.76.